The molecule has 2 rings (SSSR count). The van der Waals surface area contributed by atoms with Gasteiger partial charge in [-0.15, -0.1) is 0 Å². The SMILES string of the molecule is CC(C)(C)c1nc(N)nc(CSC2CCCCC2)n1. The van der Waals surface area contributed by atoms with Crippen LogP contribution < -0.4 is 5.73 Å². The van der Waals surface area contributed by atoms with E-state index in [1.54, 1.807) is 0 Å². The predicted molar refractivity (Wildman–Crippen MR) is 81.1 cm³/mol. The first-order valence-corrected chi connectivity index (χ1v) is 8.12. The molecule has 19 heavy (non-hydrogen) atoms. The monoisotopic (exact) mass is 280 g/mol. The maximum Gasteiger partial charge on any atom is 0.223 e. The number of anilines is 1. The highest BCUT2D eigenvalue weighted by atomic mass is 32.2. The van der Waals surface area contributed by atoms with Crippen molar-refractivity contribution in [1.82, 2.24) is 15.0 Å². The van der Waals surface area contributed by atoms with Crippen LogP contribution in [0.4, 0.5) is 5.95 Å². The minimum atomic E-state index is -0.0820. The van der Waals surface area contributed by atoms with Crippen molar-refractivity contribution >= 4 is 17.7 Å². The number of nitrogen functional groups attached to an aromatic ring is 1. The van der Waals surface area contributed by atoms with Crippen LogP contribution in [0.15, 0.2) is 0 Å². The molecule has 0 radical (unpaired) electrons. The van der Waals surface area contributed by atoms with Gasteiger partial charge in [-0.1, -0.05) is 40.0 Å². The van der Waals surface area contributed by atoms with Crippen LogP contribution >= 0.6 is 11.8 Å². The molecule has 0 aliphatic heterocycles. The maximum absolute atomic E-state index is 5.79. The van der Waals surface area contributed by atoms with Crippen molar-refractivity contribution in [3.8, 4) is 0 Å². The summed E-state index contributed by atoms with van der Waals surface area (Å²) in [7, 11) is 0. The van der Waals surface area contributed by atoms with E-state index in [-0.39, 0.29) is 5.41 Å². The summed E-state index contributed by atoms with van der Waals surface area (Å²) in [6.45, 7) is 6.29. The summed E-state index contributed by atoms with van der Waals surface area (Å²) in [5, 5.41) is 0.768. The third kappa shape index (κ3) is 4.34. The van der Waals surface area contributed by atoms with Crippen molar-refractivity contribution in [3.63, 3.8) is 0 Å². The molecular weight excluding hydrogens is 256 g/mol. The molecule has 2 N–H and O–H groups in total. The lowest BCUT2D eigenvalue weighted by molar-refractivity contribution is 0.515. The molecule has 0 atom stereocenters. The van der Waals surface area contributed by atoms with E-state index in [2.05, 4.69) is 35.7 Å². The Kier molecular flexibility index (Phi) is 4.66. The number of nitrogens with zero attached hydrogens (tertiary/aromatic N) is 3. The topological polar surface area (TPSA) is 64.7 Å². The fraction of sp³-hybridized carbons (Fsp3) is 0.786. The molecule has 106 valence electrons. The Morgan fingerprint density at radius 3 is 2.42 bits per heavy atom. The van der Waals surface area contributed by atoms with Gasteiger partial charge in [0, 0.05) is 10.7 Å². The van der Waals surface area contributed by atoms with E-state index in [0.29, 0.717) is 5.95 Å². The number of rotatable bonds is 3. The van der Waals surface area contributed by atoms with E-state index in [1.807, 2.05) is 11.8 Å². The molecule has 0 spiro atoms. The molecule has 0 aromatic carbocycles. The lowest BCUT2D eigenvalue weighted by atomic mass is 9.96. The Bertz CT molecular complexity index is 422. The van der Waals surface area contributed by atoms with E-state index in [9.17, 15) is 0 Å². The number of thioether (sulfide) groups is 1. The van der Waals surface area contributed by atoms with Crippen molar-refractivity contribution in [2.75, 3.05) is 5.73 Å². The molecule has 0 bridgehead atoms. The van der Waals surface area contributed by atoms with Crippen molar-refractivity contribution in [3.05, 3.63) is 11.6 Å². The lowest BCUT2D eigenvalue weighted by Gasteiger charge is -2.21. The Balaban J connectivity index is 2.01. The largest absolute Gasteiger partial charge is 0.368 e. The average Bonchev–Trinajstić information content (AvgIpc) is 2.36. The summed E-state index contributed by atoms with van der Waals surface area (Å²) >= 11 is 1.97. The second-order valence-corrected chi connectivity index (χ2v) is 7.54. The van der Waals surface area contributed by atoms with E-state index in [1.165, 1.54) is 32.1 Å². The standard InChI is InChI=1S/C14H24N4S/c1-14(2,3)12-16-11(17-13(15)18-12)9-19-10-7-5-4-6-8-10/h10H,4-9H2,1-3H3,(H2,15,16,17,18). The maximum atomic E-state index is 5.79. The van der Waals surface area contributed by atoms with Crippen molar-refractivity contribution in [1.29, 1.82) is 0 Å². The fourth-order valence-electron chi connectivity index (χ4n) is 2.26. The predicted octanol–water partition coefficient (Wildman–Crippen LogP) is 3.32. The van der Waals surface area contributed by atoms with E-state index >= 15 is 0 Å². The molecule has 1 aliphatic carbocycles. The molecule has 0 saturated heterocycles. The van der Waals surface area contributed by atoms with E-state index in [0.717, 1.165) is 22.7 Å². The zero-order valence-corrected chi connectivity index (χ0v) is 13.0. The Hall–Kier alpha value is -0.840. The second kappa shape index (κ2) is 6.07. The third-order valence-corrected chi connectivity index (χ3v) is 4.74. The zero-order chi connectivity index (χ0) is 13.9. The first-order chi connectivity index (χ1) is 8.95. The van der Waals surface area contributed by atoms with Gasteiger partial charge in [0.25, 0.3) is 0 Å². The highest BCUT2D eigenvalue weighted by molar-refractivity contribution is 7.99. The van der Waals surface area contributed by atoms with Crippen molar-refractivity contribution in [2.24, 2.45) is 0 Å². The normalized spacial score (nSPS) is 17.6. The first kappa shape index (κ1) is 14.6. The zero-order valence-electron chi connectivity index (χ0n) is 12.1. The molecule has 0 unspecified atom stereocenters. The molecule has 0 amide bonds. The summed E-state index contributed by atoms with van der Waals surface area (Å²) in [5.74, 6) is 2.81. The minimum Gasteiger partial charge on any atom is -0.368 e. The van der Waals surface area contributed by atoms with Crippen LogP contribution in [0.3, 0.4) is 0 Å². The molecule has 4 nitrogen and oxygen atoms in total. The van der Waals surface area contributed by atoms with Crippen LogP contribution in [0.1, 0.15) is 64.5 Å². The van der Waals surface area contributed by atoms with Crippen molar-refractivity contribution in [2.45, 2.75) is 69.3 Å². The van der Waals surface area contributed by atoms with Gasteiger partial charge in [-0.25, -0.2) is 4.98 Å². The molecule has 1 saturated carbocycles. The highest BCUT2D eigenvalue weighted by Crippen LogP contribution is 2.30. The van der Waals surface area contributed by atoms with Crippen LogP contribution in [0.2, 0.25) is 0 Å². The summed E-state index contributed by atoms with van der Waals surface area (Å²) in [6, 6.07) is 0. The quantitative estimate of drug-likeness (QED) is 0.920. The Morgan fingerprint density at radius 1 is 1.11 bits per heavy atom. The van der Waals surface area contributed by atoms with Crippen LogP contribution in [-0.4, -0.2) is 20.2 Å². The van der Waals surface area contributed by atoms with Gasteiger partial charge in [0.1, 0.15) is 11.6 Å². The van der Waals surface area contributed by atoms with E-state index in [4.69, 9.17) is 5.73 Å². The minimum absolute atomic E-state index is 0.0820. The van der Waals surface area contributed by atoms with Crippen LogP contribution in [-0.2, 0) is 11.2 Å². The Labute approximate surface area is 120 Å². The smallest absolute Gasteiger partial charge is 0.223 e. The van der Waals surface area contributed by atoms with Crippen molar-refractivity contribution < 1.29 is 0 Å². The highest BCUT2D eigenvalue weighted by Gasteiger charge is 2.20. The second-order valence-electron chi connectivity index (χ2n) is 6.25. The molecular formula is C14H24N4S. The van der Waals surface area contributed by atoms with Gasteiger partial charge < -0.3 is 5.73 Å². The molecule has 5 heteroatoms. The third-order valence-electron chi connectivity index (χ3n) is 3.37. The molecule has 1 aliphatic rings. The molecule has 1 heterocycles. The van der Waals surface area contributed by atoms with Gasteiger partial charge in [-0.05, 0) is 12.8 Å². The fourth-order valence-corrected chi connectivity index (χ4v) is 3.44. The van der Waals surface area contributed by atoms with Gasteiger partial charge in [0.15, 0.2) is 0 Å². The number of nitrogens with two attached hydrogens (primary N) is 1. The average molecular weight is 280 g/mol. The molecule has 1 aromatic heterocycles. The van der Waals surface area contributed by atoms with Gasteiger partial charge >= 0.3 is 0 Å². The Morgan fingerprint density at radius 2 is 1.79 bits per heavy atom. The number of hydrogen-bond acceptors (Lipinski definition) is 5. The number of hydrogen-bond donors (Lipinski definition) is 1. The van der Waals surface area contributed by atoms with Gasteiger partial charge in [0.05, 0.1) is 5.75 Å². The number of aromatic nitrogens is 3. The van der Waals surface area contributed by atoms with Gasteiger partial charge in [-0.2, -0.15) is 21.7 Å². The lowest BCUT2D eigenvalue weighted by Crippen LogP contribution is -2.19. The van der Waals surface area contributed by atoms with Crippen LogP contribution in [0, 0.1) is 0 Å². The van der Waals surface area contributed by atoms with Gasteiger partial charge in [-0.3, -0.25) is 0 Å². The van der Waals surface area contributed by atoms with Crippen LogP contribution in [0.5, 0.6) is 0 Å². The van der Waals surface area contributed by atoms with Crippen LogP contribution in [0.25, 0.3) is 0 Å². The summed E-state index contributed by atoms with van der Waals surface area (Å²) in [4.78, 5) is 13.1. The summed E-state index contributed by atoms with van der Waals surface area (Å²) in [6.07, 6.45) is 6.78. The summed E-state index contributed by atoms with van der Waals surface area (Å²) < 4.78 is 0. The molecule has 1 aromatic rings. The van der Waals surface area contributed by atoms with E-state index < -0.39 is 0 Å². The first-order valence-electron chi connectivity index (χ1n) is 7.07. The van der Waals surface area contributed by atoms with Gasteiger partial charge in [0.2, 0.25) is 5.95 Å². The molecule has 1 fully saturated rings. The summed E-state index contributed by atoms with van der Waals surface area (Å²) in [5.41, 5.74) is 5.71.